The Balaban J connectivity index is 2.97. The number of amides is 1. The predicted molar refractivity (Wildman–Crippen MR) is 74.0 cm³/mol. The predicted octanol–water partition coefficient (Wildman–Crippen LogP) is 0.695. The third kappa shape index (κ3) is 3.20. The van der Waals surface area contributed by atoms with Gasteiger partial charge in [0.2, 0.25) is 0 Å². The number of carbonyl (C=O) groups is 1. The van der Waals surface area contributed by atoms with Gasteiger partial charge >= 0.3 is 0 Å². The van der Waals surface area contributed by atoms with Gasteiger partial charge in [-0.15, -0.1) is 0 Å². The van der Waals surface area contributed by atoms with E-state index in [9.17, 15) is 4.79 Å². The Kier molecular flexibility index (Phi) is 4.26. The maximum Gasteiger partial charge on any atom is 0.263 e. The molecule has 0 spiro atoms. The fourth-order valence-corrected chi connectivity index (χ4v) is 1.68. The van der Waals surface area contributed by atoms with Gasteiger partial charge in [-0.3, -0.25) is 10.2 Å². The summed E-state index contributed by atoms with van der Waals surface area (Å²) in [5.74, 6) is -0.279. The lowest BCUT2D eigenvalue weighted by Crippen LogP contribution is -2.42. The average molecular weight is 246 g/mol. The molecule has 0 saturated carbocycles. The number of carbonyl (C=O) groups excluding carboxylic acids is 1. The van der Waals surface area contributed by atoms with Gasteiger partial charge in [0.25, 0.3) is 5.91 Å². The van der Waals surface area contributed by atoms with E-state index in [1.54, 1.807) is 13.8 Å². The molecular weight excluding hydrogens is 226 g/mol. The molecule has 18 heavy (non-hydrogen) atoms. The van der Waals surface area contributed by atoms with E-state index in [0.717, 1.165) is 11.3 Å². The highest BCUT2D eigenvalue weighted by atomic mass is 16.1. The summed E-state index contributed by atoms with van der Waals surface area (Å²) in [7, 11) is 0. The first-order valence-corrected chi connectivity index (χ1v) is 5.77. The molecular formula is C14H20N3O+. The monoisotopic (exact) mass is 246 g/mol. The van der Waals surface area contributed by atoms with E-state index in [0.29, 0.717) is 17.0 Å². The van der Waals surface area contributed by atoms with Crippen LogP contribution in [0.4, 0.5) is 5.69 Å². The molecule has 4 nitrogen and oxygen atoms in total. The Bertz CT molecular complexity index is 526. The number of benzene rings is 1. The van der Waals surface area contributed by atoms with Crippen LogP contribution < -0.4 is 16.5 Å². The van der Waals surface area contributed by atoms with Gasteiger partial charge in [-0.2, -0.15) is 0 Å². The Morgan fingerprint density at radius 2 is 1.83 bits per heavy atom. The van der Waals surface area contributed by atoms with Crippen molar-refractivity contribution < 1.29 is 10.2 Å². The molecule has 4 heteroatoms. The summed E-state index contributed by atoms with van der Waals surface area (Å²) < 4.78 is 0. The van der Waals surface area contributed by atoms with Gasteiger partial charge in [-0.1, -0.05) is 6.07 Å². The van der Waals surface area contributed by atoms with Gasteiger partial charge < -0.3 is 11.1 Å². The first-order valence-electron chi connectivity index (χ1n) is 5.77. The first-order chi connectivity index (χ1) is 8.32. The first kappa shape index (κ1) is 14.0. The normalized spacial score (nSPS) is 11.8. The lowest BCUT2D eigenvalue weighted by molar-refractivity contribution is -0.119. The molecule has 0 heterocycles. The van der Waals surface area contributed by atoms with Crippen molar-refractivity contribution in [2.24, 2.45) is 5.73 Å². The second-order valence-corrected chi connectivity index (χ2v) is 4.49. The zero-order valence-corrected chi connectivity index (χ0v) is 11.3. The Morgan fingerprint density at radius 1 is 1.22 bits per heavy atom. The molecule has 0 atom stereocenters. The van der Waals surface area contributed by atoms with Crippen LogP contribution in [0.25, 0.3) is 0 Å². The number of allylic oxidation sites excluding steroid dienone is 1. The van der Waals surface area contributed by atoms with Gasteiger partial charge in [-0.25, -0.2) is 0 Å². The molecule has 0 aliphatic heterocycles. The molecule has 1 aromatic carbocycles. The highest BCUT2D eigenvalue weighted by Gasteiger charge is 2.17. The van der Waals surface area contributed by atoms with E-state index >= 15 is 0 Å². The fourth-order valence-electron chi connectivity index (χ4n) is 1.68. The van der Waals surface area contributed by atoms with Crippen molar-refractivity contribution in [2.75, 3.05) is 5.32 Å². The number of nitrogens with two attached hydrogens (primary N) is 2. The highest BCUT2D eigenvalue weighted by molar-refractivity contribution is 6.23. The molecule has 96 valence electrons. The lowest BCUT2D eigenvalue weighted by atomic mass is 10.1. The standard InChI is InChI=1S/C14H19N3O/c1-8-5-6-12(7-9(8)2)17-14(18)13(10(3)15)11(4)16/h5-7,15H,16H2,1-4H3,(H,17,18)/p+1. The van der Waals surface area contributed by atoms with E-state index < -0.39 is 0 Å². The third-order valence-electron chi connectivity index (χ3n) is 2.78. The van der Waals surface area contributed by atoms with Crippen LogP contribution in [0.1, 0.15) is 25.0 Å². The summed E-state index contributed by atoms with van der Waals surface area (Å²) >= 11 is 0. The SMILES string of the molecule is CC(=[NH2+])C(C(=O)Nc1ccc(C)c(C)c1)=C(C)N. The van der Waals surface area contributed by atoms with Crippen LogP contribution in [0.2, 0.25) is 0 Å². The van der Waals surface area contributed by atoms with Crippen molar-refractivity contribution in [2.45, 2.75) is 27.7 Å². The van der Waals surface area contributed by atoms with E-state index in [1.807, 2.05) is 32.0 Å². The maximum absolute atomic E-state index is 12.0. The molecule has 1 rings (SSSR count). The number of aryl methyl sites for hydroxylation is 2. The van der Waals surface area contributed by atoms with Crippen LogP contribution >= 0.6 is 0 Å². The summed E-state index contributed by atoms with van der Waals surface area (Å²) in [6.07, 6.45) is 0. The van der Waals surface area contributed by atoms with E-state index in [-0.39, 0.29) is 5.91 Å². The molecule has 1 amide bonds. The van der Waals surface area contributed by atoms with Gasteiger partial charge in [0.05, 0.1) is 0 Å². The third-order valence-corrected chi connectivity index (χ3v) is 2.78. The molecule has 0 aliphatic carbocycles. The molecule has 0 aliphatic rings. The van der Waals surface area contributed by atoms with Gasteiger partial charge in [0.15, 0.2) is 5.71 Å². The van der Waals surface area contributed by atoms with Crippen LogP contribution in [-0.4, -0.2) is 11.6 Å². The van der Waals surface area contributed by atoms with E-state index in [1.165, 1.54) is 5.56 Å². The Labute approximate surface area is 107 Å². The average Bonchev–Trinajstić information content (AvgIpc) is 2.22. The van der Waals surface area contributed by atoms with Crippen LogP contribution in [0.3, 0.4) is 0 Å². The minimum atomic E-state index is -0.279. The summed E-state index contributed by atoms with van der Waals surface area (Å²) in [4.78, 5) is 12.0. The fraction of sp³-hybridized carbons (Fsp3) is 0.286. The summed E-state index contributed by atoms with van der Waals surface area (Å²) in [6, 6.07) is 5.74. The van der Waals surface area contributed by atoms with Crippen LogP contribution in [0.5, 0.6) is 0 Å². The van der Waals surface area contributed by atoms with E-state index in [4.69, 9.17) is 11.1 Å². The molecule has 0 unspecified atom stereocenters. The van der Waals surface area contributed by atoms with Crippen molar-refractivity contribution in [3.8, 4) is 0 Å². The van der Waals surface area contributed by atoms with Crippen molar-refractivity contribution in [1.29, 1.82) is 0 Å². The van der Waals surface area contributed by atoms with Crippen LogP contribution in [-0.2, 0) is 4.79 Å². The zero-order chi connectivity index (χ0) is 13.9. The smallest absolute Gasteiger partial charge is 0.263 e. The van der Waals surface area contributed by atoms with Crippen LogP contribution in [0.15, 0.2) is 29.5 Å². The molecule has 0 bridgehead atoms. The van der Waals surface area contributed by atoms with Crippen molar-refractivity contribution in [1.82, 2.24) is 0 Å². The topological polar surface area (TPSA) is 80.7 Å². The van der Waals surface area contributed by atoms with Gasteiger partial charge in [0, 0.05) is 18.3 Å². The van der Waals surface area contributed by atoms with Crippen LogP contribution in [0, 0.1) is 13.8 Å². The van der Waals surface area contributed by atoms with Crippen molar-refractivity contribution in [3.63, 3.8) is 0 Å². The minimum absolute atomic E-state index is 0.279. The number of hydrogen-bond acceptors (Lipinski definition) is 2. The summed E-state index contributed by atoms with van der Waals surface area (Å²) in [5.41, 5.74) is 9.87. The van der Waals surface area contributed by atoms with Gasteiger partial charge in [-0.05, 0) is 44.0 Å². The highest BCUT2D eigenvalue weighted by Crippen LogP contribution is 2.15. The van der Waals surface area contributed by atoms with E-state index in [2.05, 4.69) is 5.32 Å². The summed E-state index contributed by atoms with van der Waals surface area (Å²) in [6.45, 7) is 7.33. The quantitative estimate of drug-likeness (QED) is 0.542. The lowest BCUT2D eigenvalue weighted by Gasteiger charge is -2.09. The molecule has 1 aromatic rings. The summed E-state index contributed by atoms with van der Waals surface area (Å²) in [5, 5.41) is 8.46. The number of rotatable bonds is 3. The Hall–Kier alpha value is -2.10. The maximum atomic E-state index is 12.0. The zero-order valence-electron chi connectivity index (χ0n) is 11.3. The molecule has 0 fully saturated rings. The molecule has 0 aromatic heterocycles. The second-order valence-electron chi connectivity index (χ2n) is 4.49. The molecule has 0 radical (unpaired) electrons. The minimum Gasteiger partial charge on any atom is -0.401 e. The number of hydrogen-bond donors (Lipinski definition) is 3. The second kappa shape index (κ2) is 5.49. The Morgan fingerprint density at radius 3 is 2.28 bits per heavy atom. The number of nitrogens with one attached hydrogen (secondary N) is 1. The largest absolute Gasteiger partial charge is 0.401 e. The number of anilines is 1. The van der Waals surface area contributed by atoms with Gasteiger partial charge in [0.1, 0.15) is 5.57 Å². The van der Waals surface area contributed by atoms with Crippen molar-refractivity contribution in [3.05, 3.63) is 40.6 Å². The van der Waals surface area contributed by atoms with Crippen molar-refractivity contribution >= 4 is 17.3 Å². The molecule has 0 saturated heterocycles. The molecule has 5 N–H and O–H groups in total.